The van der Waals surface area contributed by atoms with Crippen LogP contribution in [0.25, 0.3) is 0 Å². The van der Waals surface area contributed by atoms with Crippen LogP contribution < -0.4 is 0 Å². The highest BCUT2D eigenvalue weighted by molar-refractivity contribution is 7.89. The van der Waals surface area contributed by atoms with Crippen LogP contribution >= 0.6 is 23.2 Å². The van der Waals surface area contributed by atoms with Gasteiger partial charge in [-0.1, -0.05) is 23.2 Å². The van der Waals surface area contributed by atoms with Crippen LogP contribution in [0.2, 0.25) is 10.0 Å². The summed E-state index contributed by atoms with van der Waals surface area (Å²) >= 11 is 12.0. The number of rotatable bonds is 3. The molecule has 1 aromatic rings. The van der Waals surface area contributed by atoms with Gasteiger partial charge in [-0.25, -0.2) is 8.42 Å². The number of hydrogen-bond donors (Lipinski definition) is 1. The largest absolute Gasteiger partial charge is 0.392 e. The zero-order chi connectivity index (χ0) is 15.6. The quantitative estimate of drug-likeness (QED) is 0.905. The lowest BCUT2D eigenvalue weighted by Crippen LogP contribution is -2.36. The van der Waals surface area contributed by atoms with Crippen molar-refractivity contribution in [1.29, 1.82) is 0 Å². The molecular formula is C13H17Cl2NO4S. The molecular weight excluding hydrogens is 337 g/mol. The van der Waals surface area contributed by atoms with E-state index in [1.165, 1.54) is 16.4 Å². The minimum absolute atomic E-state index is 0.0136. The van der Waals surface area contributed by atoms with E-state index in [0.29, 0.717) is 25.1 Å². The Kier molecular flexibility index (Phi) is 5.51. The van der Waals surface area contributed by atoms with Crippen LogP contribution in [0.5, 0.6) is 0 Å². The lowest BCUT2D eigenvalue weighted by Gasteiger charge is -2.23. The molecule has 1 atom stereocenters. The van der Waals surface area contributed by atoms with E-state index in [1.807, 2.05) is 6.92 Å². The Bertz CT molecular complexity index is 621. The Hall–Kier alpha value is -0.370. The molecule has 1 unspecified atom stereocenters. The average Bonchev–Trinajstić information content (AvgIpc) is 2.66. The van der Waals surface area contributed by atoms with E-state index in [9.17, 15) is 13.5 Å². The Morgan fingerprint density at radius 1 is 1.43 bits per heavy atom. The number of nitrogens with zero attached hydrogens (tertiary/aromatic N) is 1. The molecule has 1 aliphatic rings. The normalized spacial score (nSPS) is 21.2. The van der Waals surface area contributed by atoms with Gasteiger partial charge in [0.15, 0.2) is 0 Å². The Balaban J connectivity index is 2.46. The smallest absolute Gasteiger partial charge is 0.244 e. The predicted octanol–water partition coefficient (Wildman–Crippen LogP) is 2.29. The number of ether oxygens (including phenoxy) is 1. The minimum atomic E-state index is -3.78. The first-order valence-corrected chi connectivity index (χ1v) is 8.76. The molecule has 0 radical (unpaired) electrons. The van der Waals surface area contributed by atoms with Crippen molar-refractivity contribution in [3.05, 3.63) is 27.7 Å². The number of benzene rings is 1. The van der Waals surface area contributed by atoms with Gasteiger partial charge in [-0.05, 0) is 31.0 Å². The van der Waals surface area contributed by atoms with Crippen LogP contribution in [0.3, 0.4) is 0 Å². The van der Waals surface area contributed by atoms with Gasteiger partial charge < -0.3 is 9.84 Å². The van der Waals surface area contributed by atoms with Crippen LogP contribution in [0.15, 0.2) is 17.0 Å². The topological polar surface area (TPSA) is 66.8 Å². The highest BCUT2D eigenvalue weighted by Gasteiger charge is 2.30. The fourth-order valence-corrected chi connectivity index (χ4v) is 4.69. The molecule has 0 bridgehead atoms. The highest BCUT2D eigenvalue weighted by Crippen LogP contribution is 2.32. The summed E-state index contributed by atoms with van der Waals surface area (Å²) < 4.78 is 32.4. The molecule has 1 aliphatic heterocycles. The highest BCUT2D eigenvalue weighted by atomic mass is 35.5. The van der Waals surface area contributed by atoms with Gasteiger partial charge in [-0.2, -0.15) is 4.31 Å². The van der Waals surface area contributed by atoms with E-state index in [2.05, 4.69) is 0 Å². The minimum Gasteiger partial charge on any atom is -0.392 e. The first kappa shape index (κ1) is 17.0. The summed E-state index contributed by atoms with van der Waals surface area (Å²) in [5, 5.41) is 9.50. The molecule has 0 aromatic heterocycles. The Labute approximate surface area is 134 Å². The number of sulfonamides is 1. The van der Waals surface area contributed by atoms with E-state index in [4.69, 9.17) is 27.9 Å². The van der Waals surface area contributed by atoms with Crippen molar-refractivity contribution in [3.63, 3.8) is 0 Å². The van der Waals surface area contributed by atoms with E-state index in [-0.39, 0.29) is 34.2 Å². The molecule has 8 heteroatoms. The Morgan fingerprint density at radius 2 is 2.14 bits per heavy atom. The van der Waals surface area contributed by atoms with Crippen molar-refractivity contribution in [3.8, 4) is 0 Å². The van der Waals surface area contributed by atoms with Crippen molar-refractivity contribution in [1.82, 2.24) is 4.31 Å². The fourth-order valence-electron chi connectivity index (χ4n) is 2.23. The van der Waals surface area contributed by atoms with Crippen LogP contribution in [0, 0.1) is 0 Å². The average molecular weight is 354 g/mol. The van der Waals surface area contributed by atoms with Crippen molar-refractivity contribution in [2.75, 3.05) is 19.7 Å². The van der Waals surface area contributed by atoms with Crippen LogP contribution in [0.1, 0.15) is 18.9 Å². The van der Waals surface area contributed by atoms with E-state index in [0.717, 1.165) is 0 Å². The maximum Gasteiger partial charge on any atom is 0.244 e. The van der Waals surface area contributed by atoms with Crippen molar-refractivity contribution in [2.45, 2.75) is 31.0 Å². The standard InChI is InChI=1S/C13H17Cl2NO4S/c1-9-7-16(3-2-4-20-9)21(18,19)12-6-11(14)5-10(8-17)13(12)15/h5-6,9,17H,2-4,7-8H2,1H3. The number of hydrogen-bond acceptors (Lipinski definition) is 4. The van der Waals surface area contributed by atoms with Crippen LogP contribution in [0.4, 0.5) is 0 Å². The summed E-state index contributed by atoms with van der Waals surface area (Å²) in [5.41, 5.74) is 0.293. The van der Waals surface area contributed by atoms with E-state index in [1.54, 1.807) is 0 Å². The molecule has 1 aromatic carbocycles. The molecule has 5 nitrogen and oxygen atoms in total. The van der Waals surface area contributed by atoms with Gasteiger partial charge in [0.2, 0.25) is 10.0 Å². The maximum atomic E-state index is 12.8. The molecule has 2 rings (SSSR count). The van der Waals surface area contributed by atoms with Gasteiger partial charge in [0.1, 0.15) is 4.90 Å². The van der Waals surface area contributed by atoms with Crippen molar-refractivity contribution < 1.29 is 18.3 Å². The fraction of sp³-hybridized carbons (Fsp3) is 0.538. The predicted molar refractivity (Wildman–Crippen MR) is 81.2 cm³/mol. The van der Waals surface area contributed by atoms with Crippen molar-refractivity contribution in [2.24, 2.45) is 0 Å². The second-order valence-corrected chi connectivity index (χ2v) is 7.65. The number of halogens is 2. The van der Waals surface area contributed by atoms with Gasteiger partial charge in [0.25, 0.3) is 0 Å². The summed E-state index contributed by atoms with van der Waals surface area (Å²) in [6.07, 6.45) is 0.437. The first-order chi connectivity index (χ1) is 9.86. The monoisotopic (exact) mass is 353 g/mol. The molecule has 21 heavy (non-hydrogen) atoms. The van der Waals surface area contributed by atoms with Gasteiger partial charge in [-0.15, -0.1) is 0 Å². The third kappa shape index (κ3) is 3.70. The van der Waals surface area contributed by atoms with Gasteiger partial charge in [-0.3, -0.25) is 0 Å². The molecule has 1 saturated heterocycles. The lowest BCUT2D eigenvalue weighted by molar-refractivity contribution is 0.0752. The van der Waals surface area contributed by atoms with Crippen molar-refractivity contribution >= 4 is 33.2 Å². The second kappa shape index (κ2) is 6.81. The Morgan fingerprint density at radius 3 is 2.81 bits per heavy atom. The van der Waals surface area contributed by atoms with Gasteiger partial charge >= 0.3 is 0 Å². The number of aliphatic hydroxyl groups excluding tert-OH is 1. The summed E-state index contributed by atoms with van der Waals surface area (Å²) in [7, 11) is -3.78. The molecule has 1 N–H and O–H groups in total. The molecule has 1 heterocycles. The first-order valence-electron chi connectivity index (χ1n) is 6.56. The molecule has 0 amide bonds. The maximum absolute atomic E-state index is 12.8. The zero-order valence-electron chi connectivity index (χ0n) is 11.6. The summed E-state index contributed by atoms with van der Waals surface area (Å²) in [6.45, 7) is 2.61. The summed E-state index contributed by atoms with van der Waals surface area (Å²) in [5.74, 6) is 0. The van der Waals surface area contributed by atoms with Crippen LogP contribution in [-0.2, 0) is 21.4 Å². The van der Waals surface area contributed by atoms with E-state index >= 15 is 0 Å². The SMILES string of the molecule is CC1CN(S(=O)(=O)c2cc(Cl)cc(CO)c2Cl)CCCO1. The molecule has 118 valence electrons. The summed E-state index contributed by atoms with van der Waals surface area (Å²) in [4.78, 5) is -0.0742. The molecule has 0 spiro atoms. The van der Waals surface area contributed by atoms with Gasteiger partial charge in [0, 0.05) is 24.7 Å². The second-order valence-electron chi connectivity index (χ2n) is 4.93. The molecule has 1 fully saturated rings. The molecule has 0 aliphatic carbocycles. The summed E-state index contributed by atoms with van der Waals surface area (Å²) in [6, 6.07) is 2.77. The third-order valence-corrected chi connectivity index (χ3v) is 5.95. The third-order valence-electron chi connectivity index (χ3n) is 3.28. The van der Waals surface area contributed by atoms with Gasteiger partial charge in [0.05, 0.1) is 17.7 Å². The lowest BCUT2D eigenvalue weighted by atomic mass is 10.2. The number of aliphatic hydroxyl groups is 1. The van der Waals surface area contributed by atoms with Crippen LogP contribution in [-0.4, -0.2) is 43.6 Å². The zero-order valence-corrected chi connectivity index (χ0v) is 13.9. The van der Waals surface area contributed by atoms with E-state index < -0.39 is 10.0 Å². The molecule has 0 saturated carbocycles.